The highest BCUT2D eigenvalue weighted by molar-refractivity contribution is 5.63. The number of aromatic amines is 1. The van der Waals surface area contributed by atoms with Gasteiger partial charge in [0.2, 0.25) is 0 Å². The highest BCUT2D eigenvalue weighted by Crippen LogP contribution is 2.26. The van der Waals surface area contributed by atoms with Gasteiger partial charge in [-0.2, -0.15) is 10.2 Å². The van der Waals surface area contributed by atoms with Crippen molar-refractivity contribution in [3.05, 3.63) is 88.4 Å². The Kier molecular flexibility index (Phi) is 4.97. The van der Waals surface area contributed by atoms with E-state index in [9.17, 15) is 0 Å². The molecule has 0 saturated heterocycles. The summed E-state index contributed by atoms with van der Waals surface area (Å²) in [5.74, 6) is 0. The molecule has 0 aliphatic heterocycles. The summed E-state index contributed by atoms with van der Waals surface area (Å²) >= 11 is 0. The Morgan fingerprint density at radius 3 is 2.77 bits per heavy atom. The van der Waals surface area contributed by atoms with Crippen molar-refractivity contribution in [3.8, 4) is 16.9 Å². The quantitative estimate of drug-likeness (QED) is 0.498. The van der Waals surface area contributed by atoms with E-state index in [1.165, 1.54) is 34.4 Å². The number of nitrogens with zero attached hydrogens (tertiary/aromatic N) is 3. The molecule has 0 radical (unpaired) electrons. The molecule has 4 aromatic rings. The molecule has 2 heterocycles. The first-order valence-electron chi connectivity index (χ1n) is 10.7. The number of fused-ring (bicyclic) bond motifs is 1. The Balaban J connectivity index is 1.43. The highest BCUT2D eigenvalue weighted by Gasteiger charge is 2.18. The molecule has 0 atom stereocenters. The molecule has 0 bridgehead atoms. The second-order valence-corrected chi connectivity index (χ2v) is 8.19. The van der Waals surface area contributed by atoms with Gasteiger partial charge in [-0.15, -0.1) is 0 Å². The van der Waals surface area contributed by atoms with Crippen LogP contribution in [-0.2, 0) is 25.9 Å². The van der Waals surface area contributed by atoms with Crippen LogP contribution < -0.4 is 5.32 Å². The standard InChI is InChI=1S/C25H27N5/c1-17-11-12-18(2)24(13-17)30-16-20(25(29-30)19-7-4-3-5-8-19)14-26-15-23-21-9-6-10-22(21)27-28-23/h3-5,7-8,11-13,16,26H,6,9-10,14-15H2,1-2H3,(H,27,28). The number of nitrogens with one attached hydrogen (secondary N) is 2. The zero-order chi connectivity index (χ0) is 20.5. The third-order valence-electron chi connectivity index (χ3n) is 5.95. The van der Waals surface area contributed by atoms with Crippen molar-refractivity contribution in [2.45, 2.75) is 46.2 Å². The van der Waals surface area contributed by atoms with E-state index in [4.69, 9.17) is 5.10 Å². The fraction of sp³-hybridized carbons (Fsp3) is 0.280. The highest BCUT2D eigenvalue weighted by atomic mass is 15.3. The molecular formula is C25H27N5. The number of rotatable bonds is 6. The lowest BCUT2D eigenvalue weighted by Crippen LogP contribution is -2.14. The maximum Gasteiger partial charge on any atom is 0.0972 e. The van der Waals surface area contributed by atoms with Gasteiger partial charge in [0.1, 0.15) is 0 Å². The molecule has 152 valence electrons. The SMILES string of the molecule is Cc1ccc(C)c(-n2cc(CNCc3n[nH]c4c3CCC4)c(-c3ccccc3)n2)c1. The van der Waals surface area contributed by atoms with Crippen LogP contribution in [0.4, 0.5) is 0 Å². The topological polar surface area (TPSA) is 58.5 Å². The van der Waals surface area contributed by atoms with Crippen molar-refractivity contribution in [3.63, 3.8) is 0 Å². The van der Waals surface area contributed by atoms with E-state index in [0.29, 0.717) is 0 Å². The fourth-order valence-electron chi connectivity index (χ4n) is 4.32. The molecule has 0 unspecified atom stereocenters. The Hall–Kier alpha value is -3.18. The van der Waals surface area contributed by atoms with Gasteiger partial charge in [0.15, 0.2) is 0 Å². The van der Waals surface area contributed by atoms with Gasteiger partial charge < -0.3 is 5.32 Å². The monoisotopic (exact) mass is 397 g/mol. The maximum absolute atomic E-state index is 4.98. The third-order valence-corrected chi connectivity index (χ3v) is 5.95. The summed E-state index contributed by atoms with van der Waals surface area (Å²) < 4.78 is 2.02. The van der Waals surface area contributed by atoms with E-state index in [1.807, 2.05) is 10.7 Å². The minimum Gasteiger partial charge on any atom is -0.307 e. The van der Waals surface area contributed by atoms with Crippen LogP contribution in [0.3, 0.4) is 0 Å². The predicted molar refractivity (Wildman–Crippen MR) is 120 cm³/mol. The van der Waals surface area contributed by atoms with Crippen molar-refractivity contribution in [2.24, 2.45) is 0 Å². The summed E-state index contributed by atoms with van der Waals surface area (Å²) in [5, 5.41) is 16.3. The van der Waals surface area contributed by atoms with E-state index in [0.717, 1.165) is 48.6 Å². The van der Waals surface area contributed by atoms with Crippen LogP contribution in [0.1, 0.15) is 40.1 Å². The molecule has 2 aromatic heterocycles. The van der Waals surface area contributed by atoms with E-state index in [2.05, 4.69) is 78.0 Å². The minimum absolute atomic E-state index is 0.747. The second kappa shape index (κ2) is 7.92. The Bertz CT molecular complexity index is 1170. The van der Waals surface area contributed by atoms with Crippen molar-refractivity contribution in [1.82, 2.24) is 25.3 Å². The summed E-state index contributed by atoms with van der Waals surface area (Å²) in [6.07, 6.45) is 5.66. The van der Waals surface area contributed by atoms with Gasteiger partial charge in [0, 0.05) is 36.1 Å². The average molecular weight is 398 g/mol. The molecule has 2 aromatic carbocycles. The fourth-order valence-corrected chi connectivity index (χ4v) is 4.32. The summed E-state index contributed by atoms with van der Waals surface area (Å²) in [4.78, 5) is 0. The number of hydrogen-bond donors (Lipinski definition) is 2. The number of H-pyrrole nitrogens is 1. The molecular weight excluding hydrogens is 370 g/mol. The predicted octanol–water partition coefficient (Wildman–Crippen LogP) is 4.66. The smallest absolute Gasteiger partial charge is 0.0972 e. The minimum atomic E-state index is 0.747. The average Bonchev–Trinajstić information content (AvgIpc) is 3.47. The first-order valence-corrected chi connectivity index (χ1v) is 10.7. The zero-order valence-corrected chi connectivity index (χ0v) is 17.6. The summed E-state index contributed by atoms with van der Waals surface area (Å²) in [7, 11) is 0. The third kappa shape index (κ3) is 3.57. The van der Waals surface area contributed by atoms with E-state index in [-0.39, 0.29) is 0 Å². The Labute approximate surface area is 177 Å². The first-order chi connectivity index (χ1) is 14.7. The summed E-state index contributed by atoms with van der Waals surface area (Å²) in [6.45, 7) is 5.77. The van der Waals surface area contributed by atoms with E-state index >= 15 is 0 Å². The number of benzene rings is 2. The summed E-state index contributed by atoms with van der Waals surface area (Å²) in [6, 6.07) is 16.9. The first kappa shape index (κ1) is 18.8. The van der Waals surface area contributed by atoms with Crippen molar-refractivity contribution < 1.29 is 0 Å². The normalized spacial score (nSPS) is 13.0. The van der Waals surface area contributed by atoms with Crippen LogP contribution in [0.25, 0.3) is 16.9 Å². The lowest BCUT2D eigenvalue weighted by Gasteiger charge is -2.06. The van der Waals surface area contributed by atoms with Gasteiger partial charge in [0.25, 0.3) is 0 Å². The Morgan fingerprint density at radius 1 is 1.03 bits per heavy atom. The maximum atomic E-state index is 4.98. The zero-order valence-electron chi connectivity index (χ0n) is 17.6. The van der Waals surface area contributed by atoms with Gasteiger partial charge in [-0.25, -0.2) is 4.68 Å². The van der Waals surface area contributed by atoms with Gasteiger partial charge in [-0.1, -0.05) is 42.5 Å². The van der Waals surface area contributed by atoms with Crippen LogP contribution in [0.5, 0.6) is 0 Å². The molecule has 2 N–H and O–H groups in total. The number of aryl methyl sites for hydroxylation is 3. The van der Waals surface area contributed by atoms with Crippen molar-refractivity contribution in [1.29, 1.82) is 0 Å². The molecule has 5 heteroatoms. The molecule has 0 fully saturated rings. The van der Waals surface area contributed by atoms with Crippen LogP contribution >= 0.6 is 0 Å². The van der Waals surface area contributed by atoms with Gasteiger partial charge in [-0.3, -0.25) is 5.10 Å². The van der Waals surface area contributed by atoms with Gasteiger partial charge in [-0.05, 0) is 55.9 Å². The number of hydrogen-bond acceptors (Lipinski definition) is 3. The Morgan fingerprint density at radius 2 is 1.90 bits per heavy atom. The lowest BCUT2D eigenvalue weighted by molar-refractivity contribution is 0.670. The van der Waals surface area contributed by atoms with Gasteiger partial charge >= 0.3 is 0 Å². The molecule has 5 nitrogen and oxygen atoms in total. The van der Waals surface area contributed by atoms with Crippen LogP contribution in [0, 0.1) is 13.8 Å². The number of aromatic nitrogens is 4. The molecule has 0 spiro atoms. The second-order valence-electron chi connectivity index (χ2n) is 8.19. The molecule has 1 aliphatic carbocycles. The van der Waals surface area contributed by atoms with Gasteiger partial charge in [0.05, 0.1) is 17.1 Å². The van der Waals surface area contributed by atoms with Crippen LogP contribution in [0.15, 0.2) is 54.7 Å². The van der Waals surface area contributed by atoms with Crippen molar-refractivity contribution in [2.75, 3.05) is 0 Å². The molecule has 5 rings (SSSR count). The molecule has 0 amide bonds. The largest absolute Gasteiger partial charge is 0.307 e. The van der Waals surface area contributed by atoms with Crippen LogP contribution in [-0.4, -0.2) is 20.0 Å². The molecule has 30 heavy (non-hydrogen) atoms. The van der Waals surface area contributed by atoms with E-state index < -0.39 is 0 Å². The molecule has 1 aliphatic rings. The summed E-state index contributed by atoms with van der Waals surface area (Å²) in [5.41, 5.74) is 10.8. The lowest BCUT2D eigenvalue weighted by atomic mass is 10.1. The van der Waals surface area contributed by atoms with Crippen molar-refractivity contribution >= 4 is 0 Å². The molecule has 0 saturated carbocycles. The van der Waals surface area contributed by atoms with E-state index in [1.54, 1.807) is 0 Å². The van der Waals surface area contributed by atoms with Crippen LogP contribution in [0.2, 0.25) is 0 Å².